The van der Waals surface area contributed by atoms with Gasteiger partial charge in [-0.1, -0.05) is 18.1 Å². The van der Waals surface area contributed by atoms with Crippen LogP contribution in [0.2, 0.25) is 0 Å². The van der Waals surface area contributed by atoms with Crippen LogP contribution < -0.4 is 9.80 Å². The Morgan fingerprint density at radius 2 is 1.78 bits per heavy atom. The zero-order valence-corrected chi connectivity index (χ0v) is 14.9. The zero-order valence-electron chi connectivity index (χ0n) is 14.1. The molecule has 0 saturated carbocycles. The highest BCUT2D eigenvalue weighted by atomic mass is 32.1. The minimum Gasteiger partial charge on any atom is -0.372 e. The van der Waals surface area contributed by atoms with Crippen molar-refractivity contribution in [3.8, 4) is 22.3 Å². The summed E-state index contributed by atoms with van der Waals surface area (Å²) in [5, 5.41) is 1.99. The maximum atomic E-state index is 11.8. The van der Waals surface area contributed by atoms with Gasteiger partial charge in [-0.2, -0.15) is 0 Å². The van der Waals surface area contributed by atoms with Crippen LogP contribution in [0.1, 0.15) is 20.8 Å². The fourth-order valence-electron chi connectivity index (χ4n) is 2.39. The molecule has 3 nitrogen and oxygen atoms in total. The molecule has 0 fully saturated rings. The van der Waals surface area contributed by atoms with Gasteiger partial charge in [0.2, 0.25) is 0 Å². The molecular weight excluding hydrogens is 304 g/mol. The molecule has 1 heterocycles. The molecule has 2 aromatic rings. The minimum atomic E-state index is -0.186. The van der Waals surface area contributed by atoms with Crippen LogP contribution in [0.5, 0.6) is 0 Å². The Hall–Kier alpha value is -2.25. The molecule has 0 N–H and O–H groups in total. The molecule has 1 amide bonds. The Morgan fingerprint density at radius 1 is 1.13 bits per heavy atom. The third kappa shape index (κ3) is 3.94. The van der Waals surface area contributed by atoms with E-state index < -0.39 is 0 Å². The second kappa shape index (κ2) is 7.85. The van der Waals surface area contributed by atoms with Crippen LogP contribution in [0.4, 0.5) is 11.4 Å². The third-order valence-electron chi connectivity index (χ3n) is 3.79. The molecule has 4 heteroatoms. The van der Waals surface area contributed by atoms with Crippen molar-refractivity contribution in [2.45, 2.75) is 20.8 Å². The Bertz CT molecular complexity index is 718. The summed E-state index contributed by atoms with van der Waals surface area (Å²) in [6.07, 6.45) is 0. The number of hydrogen-bond acceptors (Lipinski definition) is 3. The highest BCUT2D eigenvalue weighted by molar-refractivity contribution is 7.14. The van der Waals surface area contributed by atoms with Crippen molar-refractivity contribution in [3.63, 3.8) is 0 Å². The average molecular weight is 326 g/mol. The van der Waals surface area contributed by atoms with E-state index in [1.54, 1.807) is 30.2 Å². The van der Waals surface area contributed by atoms with Gasteiger partial charge in [-0.3, -0.25) is 4.79 Å². The number of carbonyl (C=O) groups excluding carboxylic acids is 1. The van der Waals surface area contributed by atoms with Crippen LogP contribution in [0.3, 0.4) is 0 Å². The maximum absolute atomic E-state index is 11.8. The van der Waals surface area contributed by atoms with Gasteiger partial charge in [-0.15, -0.1) is 11.3 Å². The van der Waals surface area contributed by atoms with Crippen LogP contribution in [0.25, 0.3) is 10.4 Å². The first-order chi connectivity index (χ1) is 11.1. The van der Waals surface area contributed by atoms with Crippen molar-refractivity contribution in [3.05, 3.63) is 35.7 Å². The molecule has 0 radical (unpaired) electrons. The van der Waals surface area contributed by atoms with Gasteiger partial charge in [0.15, 0.2) is 0 Å². The second-order valence-corrected chi connectivity index (χ2v) is 6.04. The van der Waals surface area contributed by atoms with Crippen molar-refractivity contribution >= 4 is 28.6 Å². The number of hydrogen-bond donors (Lipinski definition) is 0. The normalized spacial score (nSPS) is 9.91. The highest BCUT2D eigenvalue weighted by Gasteiger charge is 2.11. The molecule has 0 atom stereocenters. The maximum Gasteiger partial charge on any atom is 0.302 e. The van der Waals surface area contributed by atoms with E-state index in [0.29, 0.717) is 0 Å². The summed E-state index contributed by atoms with van der Waals surface area (Å²) in [7, 11) is 1.75. The third-order valence-corrected chi connectivity index (χ3v) is 4.76. The van der Waals surface area contributed by atoms with Crippen LogP contribution in [-0.2, 0) is 4.79 Å². The van der Waals surface area contributed by atoms with Crippen molar-refractivity contribution in [1.82, 2.24) is 0 Å². The number of thiophene rings is 1. The molecule has 1 aromatic heterocycles. The average Bonchev–Trinajstić information content (AvgIpc) is 3.06. The molecule has 2 rings (SSSR count). The summed E-state index contributed by atoms with van der Waals surface area (Å²) in [4.78, 5) is 16.9. The van der Waals surface area contributed by atoms with Crippen molar-refractivity contribution in [2.24, 2.45) is 0 Å². The van der Waals surface area contributed by atoms with Crippen molar-refractivity contribution in [2.75, 3.05) is 29.9 Å². The molecule has 0 unspecified atom stereocenters. The fraction of sp³-hybridized carbons (Fsp3) is 0.316. The highest BCUT2D eigenvalue weighted by Crippen LogP contribution is 2.32. The van der Waals surface area contributed by atoms with Crippen LogP contribution in [0.15, 0.2) is 35.7 Å². The smallest absolute Gasteiger partial charge is 0.302 e. The predicted octanol–water partition coefficient (Wildman–Crippen LogP) is 4.25. The van der Waals surface area contributed by atoms with Gasteiger partial charge in [0.1, 0.15) is 0 Å². The molecule has 1 aromatic carbocycles. The molecule has 0 bridgehead atoms. The Morgan fingerprint density at radius 3 is 2.35 bits per heavy atom. The Balaban J connectivity index is 2.20. The van der Waals surface area contributed by atoms with E-state index >= 15 is 0 Å². The second-order valence-electron chi connectivity index (χ2n) is 5.13. The van der Waals surface area contributed by atoms with Crippen LogP contribution in [0, 0.1) is 11.8 Å². The number of rotatable bonds is 5. The molecule has 120 valence electrons. The molecule has 0 spiro atoms. The lowest BCUT2D eigenvalue weighted by atomic mass is 10.1. The quantitative estimate of drug-likeness (QED) is 0.767. The summed E-state index contributed by atoms with van der Waals surface area (Å²) < 4.78 is 0. The number of anilines is 2. The van der Waals surface area contributed by atoms with E-state index in [0.717, 1.165) is 23.7 Å². The van der Waals surface area contributed by atoms with E-state index in [1.165, 1.54) is 11.3 Å². The lowest BCUT2D eigenvalue weighted by Gasteiger charge is -2.21. The minimum absolute atomic E-state index is 0.186. The van der Waals surface area contributed by atoms with E-state index in [2.05, 4.69) is 54.9 Å². The van der Waals surface area contributed by atoms with Gasteiger partial charge in [-0.05, 0) is 50.5 Å². The van der Waals surface area contributed by atoms with Gasteiger partial charge in [-0.25, -0.2) is 0 Å². The van der Waals surface area contributed by atoms with Gasteiger partial charge >= 0.3 is 5.91 Å². The monoisotopic (exact) mass is 326 g/mol. The first-order valence-electron chi connectivity index (χ1n) is 7.75. The topological polar surface area (TPSA) is 23.6 Å². The van der Waals surface area contributed by atoms with Gasteiger partial charge in [0.05, 0.1) is 5.69 Å². The van der Waals surface area contributed by atoms with Crippen LogP contribution in [-0.4, -0.2) is 26.0 Å². The van der Waals surface area contributed by atoms with E-state index in [9.17, 15) is 4.79 Å². The van der Waals surface area contributed by atoms with E-state index in [4.69, 9.17) is 0 Å². The van der Waals surface area contributed by atoms with Crippen molar-refractivity contribution < 1.29 is 4.79 Å². The van der Waals surface area contributed by atoms with Crippen molar-refractivity contribution in [1.29, 1.82) is 0 Å². The molecule has 0 aliphatic carbocycles. The SMILES string of the molecule is CC#CC(=O)N(C)c1csc(-c2ccc(N(CC)CC)cc2)c1. The number of nitrogens with zero attached hydrogens (tertiary/aromatic N) is 2. The summed E-state index contributed by atoms with van der Waals surface area (Å²) in [5.74, 6) is 5.02. The molecule has 23 heavy (non-hydrogen) atoms. The van der Waals surface area contributed by atoms with Gasteiger partial charge < -0.3 is 9.80 Å². The van der Waals surface area contributed by atoms with E-state index in [-0.39, 0.29) is 5.91 Å². The summed E-state index contributed by atoms with van der Waals surface area (Å²) in [6.45, 7) is 8.00. The molecule has 0 saturated heterocycles. The van der Waals surface area contributed by atoms with E-state index in [1.807, 2.05) is 11.4 Å². The first kappa shape index (κ1) is 17.1. The fourth-order valence-corrected chi connectivity index (χ4v) is 3.32. The molecule has 0 aliphatic rings. The number of benzene rings is 1. The predicted molar refractivity (Wildman–Crippen MR) is 100 cm³/mol. The summed E-state index contributed by atoms with van der Waals surface area (Å²) in [5.41, 5.74) is 3.28. The molecular formula is C19H22N2OS. The Kier molecular flexibility index (Phi) is 5.84. The zero-order chi connectivity index (χ0) is 16.8. The van der Waals surface area contributed by atoms with Gasteiger partial charge in [0, 0.05) is 36.1 Å². The Labute approximate surface area is 142 Å². The summed E-state index contributed by atoms with van der Waals surface area (Å²) >= 11 is 1.64. The number of amides is 1. The summed E-state index contributed by atoms with van der Waals surface area (Å²) in [6, 6.07) is 10.6. The first-order valence-corrected chi connectivity index (χ1v) is 8.63. The lowest BCUT2D eigenvalue weighted by Crippen LogP contribution is -2.23. The largest absolute Gasteiger partial charge is 0.372 e. The standard InChI is InChI=1S/C19H22N2OS/c1-5-8-19(22)20(4)17-13-18(23-14-17)15-9-11-16(12-10-15)21(6-2)7-3/h9-14H,6-7H2,1-4H3. The molecule has 0 aliphatic heterocycles. The number of carbonyl (C=O) groups is 1. The van der Waals surface area contributed by atoms with Crippen LogP contribution >= 0.6 is 11.3 Å². The lowest BCUT2D eigenvalue weighted by molar-refractivity contribution is -0.113. The van der Waals surface area contributed by atoms with Gasteiger partial charge in [0.25, 0.3) is 0 Å².